The lowest BCUT2D eigenvalue weighted by atomic mass is 10.5. The van der Waals surface area contributed by atoms with Gasteiger partial charge in [-0.15, -0.1) is 0 Å². The number of quaternary nitrogens is 1. The van der Waals surface area contributed by atoms with E-state index in [9.17, 15) is 4.79 Å². The standard InChI is InChI=1S/C7H16NO2.ClHS/c1-7(9)10-6-5-8(2,3)4;1-2/h5-6H2,1-4H3;2H/q+1;. The molecule has 0 heterocycles. The zero-order valence-corrected chi connectivity index (χ0v) is 9.65. The molecule has 0 aromatic carbocycles. The number of hydrogen-bond acceptors (Lipinski definition) is 3. The first kappa shape index (κ1) is 14.6. The van der Waals surface area contributed by atoms with E-state index in [1.165, 1.54) is 6.92 Å². The third-order valence-electron chi connectivity index (χ3n) is 1.07. The molecule has 0 atom stereocenters. The Morgan fingerprint density at radius 1 is 1.42 bits per heavy atom. The van der Waals surface area contributed by atoms with Gasteiger partial charge in [-0.2, -0.15) is 0 Å². The molecule has 3 nitrogen and oxygen atoms in total. The normalized spacial score (nSPS) is 9.83. The SMILES string of the molecule is CC(=O)OCC[N+](C)(C)C.SCl. The molecule has 0 aliphatic carbocycles. The summed E-state index contributed by atoms with van der Waals surface area (Å²) >= 11 is 3.00. The van der Waals surface area contributed by atoms with Gasteiger partial charge in [0.1, 0.15) is 13.2 Å². The van der Waals surface area contributed by atoms with Gasteiger partial charge in [0.2, 0.25) is 0 Å². The third kappa shape index (κ3) is 16.6. The summed E-state index contributed by atoms with van der Waals surface area (Å²) in [5.74, 6) is -0.201. The highest BCUT2D eigenvalue weighted by molar-refractivity contribution is 8.05. The van der Waals surface area contributed by atoms with E-state index < -0.39 is 0 Å². The van der Waals surface area contributed by atoms with Gasteiger partial charge in [-0.25, -0.2) is 0 Å². The van der Waals surface area contributed by atoms with Crippen molar-refractivity contribution in [2.75, 3.05) is 34.3 Å². The number of likely N-dealkylation sites (N-methyl/N-ethyl adjacent to an activating group) is 1. The molecule has 0 radical (unpaired) electrons. The average Bonchev–Trinajstić information content (AvgIpc) is 1.88. The molecule has 0 saturated heterocycles. The van der Waals surface area contributed by atoms with Crippen molar-refractivity contribution < 1.29 is 14.0 Å². The summed E-state index contributed by atoms with van der Waals surface area (Å²) in [5, 5.41) is 0. The highest BCUT2D eigenvalue weighted by Gasteiger charge is 2.06. The van der Waals surface area contributed by atoms with Crippen molar-refractivity contribution >= 4 is 28.5 Å². The number of hydrogen-bond donors (Lipinski definition) is 1. The fraction of sp³-hybridized carbons (Fsp3) is 0.857. The fourth-order valence-electron chi connectivity index (χ4n) is 0.463. The predicted octanol–water partition coefficient (Wildman–Crippen LogP) is 1.33. The van der Waals surface area contributed by atoms with E-state index in [1.807, 2.05) is 0 Å². The maximum Gasteiger partial charge on any atom is 0.302 e. The van der Waals surface area contributed by atoms with Crippen molar-refractivity contribution in [1.82, 2.24) is 0 Å². The molecule has 0 aliphatic heterocycles. The van der Waals surface area contributed by atoms with Crippen molar-refractivity contribution in [3.05, 3.63) is 0 Å². The molecule has 0 aromatic heterocycles. The molecule has 0 N–H and O–H groups in total. The number of esters is 1. The summed E-state index contributed by atoms with van der Waals surface area (Å²) in [6.07, 6.45) is 0. The number of nitrogens with zero attached hydrogens (tertiary/aromatic N) is 1. The lowest BCUT2D eigenvalue weighted by molar-refractivity contribution is -0.870. The Bertz CT molecular complexity index is 125. The number of halogens is 1. The first-order valence-electron chi connectivity index (χ1n) is 3.52. The minimum atomic E-state index is -0.201. The summed E-state index contributed by atoms with van der Waals surface area (Å²) < 4.78 is 5.59. The van der Waals surface area contributed by atoms with E-state index >= 15 is 0 Å². The molecule has 0 unspecified atom stereocenters. The molecular weight excluding hydrogens is 198 g/mol. The smallest absolute Gasteiger partial charge is 0.302 e. The summed E-state index contributed by atoms with van der Waals surface area (Å²) in [4.78, 5) is 10.3. The van der Waals surface area contributed by atoms with Gasteiger partial charge in [-0.3, -0.25) is 4.79 Å². The van der Waals surface area contributed by atoms with Gasteiger partial charge in [-0.05, 0) is 10.7 Å². The van der Waals surface area contributed by atoms with Crippen LogP contribution in [0.1, 0.15) is 6.92 Å². The Kier molecular flexibility index (Phi) is 9.37. The van der Waals surface area contributed by atoms with Gasteiger partial charge >= 0.3 is 5.97 Å². The van der Waals surface area contributed by atoms with Crippen molar-refractivity contribution in [3.8, 4) is 0 Å². The van der Waals surface area contributed by atoms with Crippen LogP contribution >= 0.6 is 22.5 Å². The molecule has 0 saturated carbocycles. The average molecular weight is 215 g/mol. The fourth-order valence-corrected chi connectivity index (χ4v) is 0.463. The summed E-state index contributed by atoms with van der Waals surface area (Å²) in [7, 11) is 10.5. The van der Waals surface area contributed by atoms with Crippen LogP contribution in [0.3, 0.4) is 0 Å². The van der Waals surface area contributed by atoms with E-state index in [4.69, 9.17) is 4.74 Å². The monoisotopic (exact) mass is 214 g/mol. The van der Waals surface area contributed by atoms with Crippen LogP contribution in [0.15, 0.2) is 0 Å². The molecule has 12 heavy (non-hydrogen) atoms. The van der Waals surface area contributed by atoms with Crippen LogP contribution in [0, 0.1) is 0 Å². The highest BCUT2D eigenvalue weighted by Crippen LogP contribution is 1.88. The number of ether oxygens (including phenoxy) is 1. The van der Waals surface area contributed by atoms with Gasteiger partial charge in [0.15, 0.2) is 0 Å². The van der Waals surface area contributed by atoms with Crippen molar-refractivity contribution in [2.24, 2.45) is 0 Å². The second kappa shape index (κ2) is 7.71. The molecule has 0 spiro atoms. The maximum absolute atomic E-state index is 10.3. The quantitative estimate of drug-likeness (QED) is 0.436. The molecule has 0 aliphatic rings. The Balaban J connectivity index is 0. The molecule has 0 rings (SSSR count). The number of carbonyl (C=O) groups is 1. The van der Waals surface area contributed by atoms with Gasteiger partial charge in [0.05, 0.1) is 21.1 Å². The van der Waals surface area contributed by atoms with E-state index in [0.29, 0.717) is 6.61 Å². The number of carbonyl (C=O) groups excluding carboxylic acids is 1. The summed E-state index contributed by atoms with van der Waals surface area (Å²) in [6, 6.07) is 0. The van der Waals surface area contributed by atoms with Crippen LogP contribution in [-0.4, -0.2) is 44.7 Å². The Hall–Kier alpha value is 0.0700. The van der Waals surface area contributed by atoms with Gasteiger partial charge in [-0.1, -0.05) is 11.8 Å². The highest BCUT2D eigenvalue weighted by atomic mass is 35.7. The van der Waals surface area contributed by atoms with Crippen LogP contribution in [0.4, 0.5) is 0 Å². The Morgan fingerprint density at radius 2 is 1.83 bits per heavy atom. The topological polar surface area (TPSA) is 26.3 Å². The van der Waals surface area contributed by atoms with Crippen LogP contribution in [-0.2, 0) is 9.53 Å². The summed E-state index contributed by atoms with van der Waals surface area (Å²) in [6.45, 7) is 2.80. The first-order valence-corrected chi connectivity index (χ1v) is 4.88. The lowest BCUT2D eigenvalue weighted by Gasteiger charge is -2.23. The molecular formula is C7H17ClNO2S+. The predicted molar refractivity (Wildman–Crippen MR) is 54.4 cm³/mol. The van der Waals surface area contributed by atoms with E-state index in [0.717, 1.165) is 11.0 Å². The molecule has 0 amide bonds. The van der Waals surface area contributed by atoms with Crippen LogP contribution in [0.2, 0.25) is 0 Å². The Morgan fingerprint density at radius 3 is 2.08 bits per heavy atom. The minimum absolute atomic E-state index is 0.201. The van der Waals surface area contributed by atoms with Crippen LogP contribution in [0.25, 0.3) is 0 Å². The second-order valence-corrected chi connectivity index (χ2v) is 3.35. The van der Waals surface area contributed by atoms with Crippen molar-refractivity contribution in [1.29, 1.82) is 0 Å². The first-order chi connectivity index (χ1) is 5.42. The van der Waals surface area contributed by atoms with E-state index in [2.05, 4.69) is 43.7 Å². The van der Waals surface area contributed by atoms with E-state index in [1.54, 1.807) is 0 Å². The lowest BCUT2D eigenvalue weighted by Crippen LogP contribution is -2.37. The van der Waals surface area contributed by atoms with Gasteiger partial charge in [0, 0.05) is 6.92 Å². The van der Waals surface area contributed by atoms with E-state index in [-0.39, 0.29) is 5.97 Å². The van der Waals surface area contributed by atoms with Crippen molar-refractivity contribution in [2.45, 2.75) is 6.92 Å². The Labute approximate surface area is 84.1 Å². The summed E-state index contributed by atoms with van der Waals surface area (Å²) in [5.41, 5.74) is 0. The molecule has 0 aromatic rings. The second-order valence-electron chi connectivity index (χ2n) is 3.35. The van der Waals surface area contributed by atoms with Crippen LogP contribution in [0.5, 0.6) is 0 Å². The third-order valence-corrected chi connectivity index (χ3v) is 1.07. The van der Waals surface area contributed by atoms with Gasteiger partial charge in [0.25, 0.3) is 0 Å². The zero-order valence-electron chi connectivity index (χ0n) is 8.00. The van der Waals surface area contributed by atoms with Crippen molar-refractivity contribution in [3.63, 3.8) is 0 Å². The number of thiol groups is 1. The molecule has 0 fully saturated rings. The number of rotatable bonds is 3. The van der Waals surface area contributed by atoms with Crippen LogP contribution < -0.4 is 0 Å². The zero-order chi connectivity index (χ0) is 10.2. The van der Waals surface area contributed by atoms with Gasteiger partial charge < -0.3 is 9.22 Å². The largest absolute Gasteiger partial charge is 0.460 e. The minimum Gasteiger partial charge on any atom is -0.460 e. The molecule has 0 bridgehead atoms. The maximum atomic E-state index is 10.3. The molecule has 74 valence electrons. The molecule has 5 heteroatoms.